The van der Waals surface area contributed by atoms with Crippen LogP contribution in [0.2, 0.25) is 0 Å². The molecule has 0 aromatic heterocycles. The third-order valence-corrected chi connectivity index (χ3v) is 3.39. The van der Waals surface area contributed by atoms with E-state index < -0.39 is 23.3 Å². The molecule has 0 unspecified atom stereocenters. The number of nitro groups is 1. The molecule has 0 aliphatic rings. The van der Waals surface area contributed by atoms with Crippen molar-refractivity contribution in [1.29, 1.82) is 0 Å². The first kappa shape index (κ1) is 19.0. The lowest BCUT2D eigenvalue weighted by molar-refractivity contribution is -0.384. The molecule has 0 spiro atoms. The average Bonchev–Trinajstić information content (AvgIpc) is 2.64. The second kappa shape index (κ2) is 9.26. The van der Waals surface area contributed by atoms with Crippen LogP contribution in [-0.2, 0) is 4.79 Å². The largest absolute Gasteiger partial charge is 0.481 e. The van der Waals surface area contributed by atoms with Crippen molar-refractivity contribution in [3.05, 3.63) is 70.0 Å². The molecule has 2 aromatic carbocycles. The highest BCUT2D eigenvalue weighted by atomic mass is 19.1. The van der Waals surface area contributed by atoms with Gasteiger partial charge in [0.05, 0.1) is 10.6 Å². The van der Waals surface area contributed by atoms with Crippen molar-refractivity contribution in [1.82, 2.24) is 5.43 Å². The number of ether oxygens (including phenoxy) is 1. The van der Waals surface area contributed by atoms with Crippen molar-refractivity contribution in [2.75, 3.05) is 6.61 Å². The minimum atomic E-state index is -0.563. The summed E-state index contributed by atoms with van der Waals surface area (Å²) in [5.41, 5.74) is 3.34. The quantitative estimate of drug-likeness (QED) is 0.444. The first-order valence-electron chi connectivity index (χ1n) is 7.98. The van der Waals surface area contributed by atoms with Crippen LogP contribution in [0.25, 0.3) is 0 Å². The van der Waals surface area contributed by atoms with Crippen LogP contribution in [0.1, 0.15) is 25.3 Å². The molecule has 0 aliphatic heterocycles. The number of hydrogen-bond acceptors (Lipinski definition) is 5. The summed E-state index contributed by atoms with van der Waals surface area (Å²) in [6.07, 6.45) is 1.26. The zero-order chi connectivity index (χ0) is 18.9. The second-order valence-corrected chi connectivity index (χ2v) is 5.37. The molecular formula is C18H18FN3O4. The summed E-state index contributed by atoms with van der Waals surface area (Å²) in [4.78, 5) is 22.3. The number of carbonyl (C=O) groups excluding carboxylic acids is 1. The minimum absolute atomic E-state index is 0.0286. The molecule has 136 valence electrons. The van der Waals surface area contributed by atoms with Crippen LogP contribution in [0.5, 0.6) is 5.75 Å². The molecule has 0 saturated heterocycles. The maximum absolute atomic E-state index is 13.4. The number of rotatable bonds is 8. The van der Waals surface area contributed by atoms with Gasteiger partial charge < -0.3 is 4.74 Å². The number of nitro benzene ring substituents is 1. The average molecular weight is 359 g/mol. The van der Waals surface area contributed by atoms with Crippen molar-refractivity contribution < 1.29 is 18.8 Å². The Kier molecular flexibility index (Phi) is 6.78. The zero-order valence-electron chi connectivity index (χ0n) is 14.1. The van der Waals surface area contributed by atoms with Gasteiger partial charge in [-0.2, -0.15) is 5.10 Å². The van der Waals surface area contributed by atoms with Gasteiger partial charge in [0.25, 0.3) is 11.6 Å². The summed E-state index contributed by atoms with van der Waals surface area (Å²) in [5.74, 6) is -1.15. The van der Waals surface area contributed by atoms with Crippen LogP contribution in [0, 0.1) is 15.9 Å². The highest BCUT2D eigenvalue weighted by Crippen LogP contribution is 2.16. The van der Waals surface area contributed by atoms with Crippen molar-refractivity contribution in [2.45, 2.75) is 19.8 Å². The normalized spacial score (nSPS) is 11.1. The molecule has 2 rings (SSSR count). The first-order chi connectivity index (χ1) is 12.5. The van der Waals surface area contributed by atoms with Crippen molar-refractivity contribution >= 4 is 17.3 Å². The SMILES string of the molecule is CCC/C(=N/NC(=O)COc1ccccc1F)c1cccc([N+](=O)[O-])c1. The zero-order valence-corrected chi connectivity index (χ0v) is 14.1. The van der Waals surface area contributed by atoms with E-state index in [1.807, 2.05) is 6.92 Å². The Hall–Kier alpha value is -3.29. The summed E-state index contributed by atoms with van der Waals surface area (Å²) in [5, 5.41) is 14.9. The van der Waals surface area contributed by atoms with Gasteiger partial charge in [0.15, 0.2) is 18.2 Å². The molecule has 8 heteroatoms. The fourth-order valence-electron chi connectivity index (χ4n) is 2.17. The van der Waals surface area contributed by atoms with E-state index >= 15 is 0 Å². The highest BCUT2D eigenvalue weighted by Gasteiger charge is 2.11. The van der Waals surface area contributed by atoms with E-state index in [2.05, 4.69) is 10.5 Å². The van der Waals surface area contributed by atoms with Gasteiger partial charge in [-0.15, -0.1) is 0 Å². The minimum Gasteiger partial charge on any atom is -0.481 e. The molecular weight excluding hydrogens is 341 g/mol. The molecule has 0 fully saturated rings. The summed E-state index contributed by atoms with van der Waals surface area (Å²) in [6, 6.07) is 11.8. The molecule has 1 amide bonds. The second-order valence-electron chi connectivity index (χ2n) is 5.37. The van der Waals surface area contributed by atoms with Gasteiger partial charge >= 0.3 is 0 Å². The van der Waals surface area contributed by atoms with E-state index in [0.29, 0.717) is 17.7 Å². The van der Waals surface area contributed by atoms with E-state index in [1.54, 1.807) is 18.2 Å². The molecule has 0 aliphatic carbocycles. The summed E-state index contributed by atoms with van der Waals surface area (Å²) in [7, 11) is 0. The fraction of sp³-hybridized carbons (Fsp3) is 0.222. The highest BCUT2D eigenvalue weighted by molar-refractivity contribution is 6.01. The number of benzene rings is 2. The van der Waals surface area contributed by atoms with Gasteiger partial charge in [-0.3, -0.25) is 14.9 Å². The molecule has 2 aromatic rings. The monoisotopic (exact) mass is 359 g/mol. The van der Waals surface area contributed by atoms with Crippen LogP contribution >= 0.6 is 0 Å². The number of nitrogens with zero attached hydrogens (tertiary/aromatic N) is 2. The van der Waals surface area contributed by atoms with E-state index in [4.69, 9.17) is 4.74 Å². The molecule has 26 heavy (non-hydrogen) atoms. The summed E-state index contributed by atoms with van der Waals surface area (Å²) < 4.78 is 18.5. The Morgan fingerprint density at radius 1 is 1.27 bits per heavy atom. The van der Waals surface area contributed by atoms with Crippen LogP contribution < -0.4 is 10.2 Å². The topological polar surface area (TPSA) is 93.8 Å². The smallest absolute Gasteiger partial charge is 0.277 e. The van der Waals surface area contributed by atoms with E-state index in [-0.39, 0.29) is 11.4 Å². The summed E-state index contributed by atoms with van der Waals surface area (Å²) in [6.45, 7) is 1.52. The number of non-ortho nitro benzene ring substituents is 1. The number of nitrogens with one attached hydrogen (secondary N) is 1. The van der Waals surface area contributed by atoms with Crippen LogP contribution in [0.4, 0.5) is 10.1 Å². The lowest BCUT2D eigenvalue weighted by atomic mass is 10.1. The van der Waals surface area contributed by atoms with Crippen LogP contribution in [0.3, 0.4) is 0 Å². The Morgan fingerprint density at radius 2 is 2.04 bits per heavy atom. The van der Waals surface area contributed by atoms with Crippen molar-refractivity contribution in [3.63, 3.8) is 0 Å². The van der Waals surface area contributed by atoms with E-state index in [0.717, 1.165) is 6.42 Å². The molecule has 0 atom stereocenters. The van der Waals surface area contributed by atoms with Gasteiger partial charge in [-0.25, -0.2) is 9.82 Å². The number of carbonyl (C=O) groups is 1. The molecule has 0 saturated carbocycles. The Bertz CT molecular complexity index is 824. The summed E-state index contributed by atoms with van der Waals surface area (Å²) >= 11 is 0. The van der Waals surface area contributed by atoms with E-state index in [1.165, 1.54) is 30.3 Å². The van der Waals surface area contributed by atoms with E-state index in [9.17, 15) is 19.3 Å². The third kappa shape index (κ3) is 5.37. The number of hydrogen-bond donors (Lipinski definition) is 1. The molecule has 1 N–H and O–H groups in total. The first-order valence-corrected chi connectivity index (χ1v) is 7.98. The standard InChI is InChI=1S/C18H18FN3O4/c1-2-6-16(13-7-5-8-14(11-13)22(24)25)20-21-18(23)12-26-17-10-4-3-9-15(17)19/h3-5,7-11H,2,6,12H2,1H3,(H,21,23)/b20-16-. The van der Waals surface area contributed by atoms with Crippen LogP contribution in [0.15, 0.2) is 53.6 Å². The predicted octanol–water partition coefficient (Wildman–Crippen LogP) is 3.43. The Balaban J connectivity index is 2.04. The molecule has 7 nitrogen and oxygen atoms in total. The number of hydrazone groups is 1. The number of para-hydroxylation sites is 1. The lowest BCUT2D eigenvalue weighted by Crippen LogP contribution is -2.26. The third-order valence-electron chi connectivity index (χ3n) is 3.39. The Labute approximate surface area is 149 Å². The maximum Gasteiger partial charge on any atom is 0.277 e. The number of amides is 1. The van der Waals surface area contributed by atoms with Gasteiger partial charge in [0.1, 0.15) is 0 Å². The maximum atomic E-state index is 13.4. The predicted molar refractivity (Wildman–Crippen MR) is 94.6 cm³/mol. The van der Waals surface area contributed by atoms with Gasteiger partial charge in [-0.05, 0) is 18.6 Å². The van der Waals surface area contributed by atoms with Crippen molar-refractivity contribution in [2.24, 2.45) is 5.10 Å². The van der Waals surface area contributed by atoms with Gasteiger partial charge in [-0.1, -0.05) is 37.6 Å². The fourth-order valence-corrected chi connectivity index (χ4v) is 2.17. The van der Waals surface area contributed by atoms with Crippen LogP contribution in [-0.4, -0.2) is 23.1 Å². The van der Waals surface area contributed by atoms with Gasteiger partial charge in [0.2, 0.25) is 0 Å². The van der Waals surface area contributed by atoms with Crippen molar-refractivity contribution in [3.8, 4) is 5.75 Å². The molecule has 0 bridgehead atoms. The number of halogens is 1. The Morgan fingerprint density at radius 3 is 2.73 bits per heavy atom. The molecule has 0 radical (unpaired) electrons. The lowest BCUT2D eigenvalue weighted by Gasteiger charge is -2.08. The molecule has 0 heterocycles. The van der Waals surface area contributed by atoms with Gasteiger partial charge in [0, 0.05) is 17.7 Å².